The van der Waals surface area contributed by atoms with E-state index in [4.69, 9.17) is 0 Å². The molecule has 0 saturated heterocycles. The number of aryl methyl sites for hydroxylation is 2. The summed E-state index contributed by atoms with van der Waals surface area (Å²) < 4.78 is 2.17. The van der Waals surface area contributed by atoms with Crippen molar-refractivity contribution in [3.63, 3.8) is 0 Å². The fourth-order valence-electron chi connectivity index (χ4n) is 1.51. The maximum Gasteiger partial charge on any atom is 0.0668 e. The molecule has 2 rings (SSSR count). The van der Waals surface area contributed by atoms with Crippen LogP contribution in [0.15, 0.2) is 24.5 Å². The molecule has 0 spiro atoms. The van der Waals surface area contributed by atoms with Crippen molar-refractivity contribution in [3.8, 4) is 0 Å². The van der Waals surface area contributed by atoms with Gasteiger partial charge in [-0.3, -0.25) is 4.98 Å². The van der Waals surface area contributed by atoms with E-state index in [1.165, 1.54) is 16.9 Å². The van der Waals surface area contributed by atoms with Gasteiger partial charge in [-0.15, -0.1) is 0 Å². The molecule has 2 aromatic rings. The Bertz CT molecular complexity index is 401. The van der Waals surface area contributed by atoms with Gasteiger partial charge in [0, 0.05) is 18.1 Å². The zero-order valence-electron chi connectivity index (χ0n) is 7.41. The molecular formula is C10H12N2. The van der Waals surface area contributed by atoms with Crippen molar-refractivity contribution in [2.45, 2.75) is 20.3 Å². The van der Waals surface area contributed by atoms with Crippen LogP contribution in [0.5, 0.6) is 0 Å². The van der Waals surface area contributed by atoms with Crippen LogP contribution >= 0.6 is 0 Å². The average Bonchev–Trinajstić information content (AvgIpc) is 2.48. The minimum atomic E-state index is 0.994. The fourth-order valence-corrected chi connectivity index (χ4v) is 1.51. The van der Waals surface area contributed by atoms with Crippen LogP contribution in [-0.2, 0) is 6.42 Å². The highest BCUT2D eigenvalue weighted by atomic mass is 14.9. The van der Waals surface area contributed by atoms with Gasteiger partial charge in [0.1, 0.15) is 0 Å². The number of hydrogen-bond donors (Lipinski definition) is 0. The lowest BCUT2D eigenvalue weighted by molar-refractivity contribution is 0.988. The van der Waals surface area contributed by atoms with Gasteiger partial charge in [0.2, 0.25) is 0 Å². The molecule has 0 bridgehead atoms. The van der Waals surface area contributed by atoms with Crippen molar-refractivity contribution in [1.29, 1.82) is 0 Å². The highest BCUT2D eigenvalue weighted by Gasteiger charge is 2.00. The molecule has 0 unspecified atom stereocenters. The van der Waals surface area contributed by atoms with Crippen LogP contribution in [0.25, 0.3) is 5.52 Å². The largest absolute Gasteiger partial charge is 0.318 e. The molecule has 0 aromatic carbocycles. The smallest absolute Gasteiger partial charge is 0.0668 e. The summed E-state index contributed by atoms with van der Waals surface area (Å²) in [6.07, 6.45) is 4.86. The molecule has 0 aliphatic carbocycles. The van der Waals surface area contributed by atoms with E-state index in [1.807, 2.05) is 12.4 Å². The summed E-state index contributed by atoms with van der Waals surface area (Å²) in [6.45, 7) is 4.23. The number of aromatic nitrogens is 2. The maximum atomic E-state index is 4.32. The molecule has 12 heavy (non-hydrogen) atoms. The van der Waals surface area contributed by atoms with Crippen molar-refractivity contribution < 1.29 is 0 Å². The SMILES string of the molecule is CCc1nccn2c(C)ccc12. The van der Waals surface area contributed by atoms with E-state index in [0.717, 1.165) is 6.42 Å². The van der Waals surface area contributed by atoms with E-state index in [2.05, 4.69) is 35.4 Å². The van der Waals surface area contributed by atoms with Crippen LogP contribution in [-0.4, -0.2) is 9.38 Å². The molecule has 0 aliphatic rings. The minimum Gasteiger partial charge on any atom is -0.318 e. The molecule has 62 valence electrons. The first-order valence-electron chi connectivity index (χ1n) is 4.24. The van der Waals surface area contributed by atoms with Gasteiger partial charge in [0.25, 0.3) is 0 Å². The van der Waals surface area contributed by atoms with Crippen LogP contribution < -0.4 is 0 Å². The lowest BCUT2D eigenvalue weighted by atomic mass is 10.3. The van der Waals surface area contributed by atoms with E-state index in [-0.39, 0.29) is 0 Å². The topological polar surface area (TPSA) is 17.3 Å². The molecule has 2 heterocycles. The number of rotatable bonds is 1. The second-order valence-electron chi connectivity index (χ2n) is 2.96. The summed E-state index contributed by atoms with van der Waals surface area (Å²) in [5.74, 6) is 0. The van der Waals surface area contributed by atoms with Gasteiger partial charge in [0.15, 0.2) is 0 Å². The number of nitrogens with zero attached hydrogens (tertiary/aromatic N) is 2. The van der Waals surface area contributed by atoms with Crippen LogP contribution in [0.3, 0.4) is 0 Å². The lowest BCUT2D eigenvalue weighted by Gasteiger charge is -2.00. The Morgan fingerprint density at radius 1 is 1.42 bits per heavy atom. The third kappa shape index (κ3) is 0.916. The van der Waals surface area contributed by atoms with Crippen molar-refractivity contribution in [3.05, 3.63) is 35.9 Å². The fraction of sp³-hybridized carbons (Fsp3) is 0.300. The zero-order valence-corrected chi connectivity index (χ0v) is 7.41. The summed E-state index contributed by atoms with van der Waals surface area (Å²) in [7, 11) is 0. The van der Waals surface area contributed by atoms with Crippen LogP contribution in [0, 0.1) is 6.92 Å². The van der Waals surface area contributed by atoms with E-state index >= 15 is 0 Å². The molecular weight excluding hydrogens is 148 g/mol. The first-order chi connectivity index (χ1) is 5.83. The molecule has 0 aliphatic heterocycles. The molecule has 0 N–H and O–H groups in total. The van der Waals surface area contributed by atoms with Gasteiger partial charge in [-0.1, -0.05) is 6.92 Å². The molecule has 0 saturated carbocycles. The Labute approximate surface area is 71.9 Å². The predicted octanol–water partition coefficient (Wildman–Crippen LogP) is 2.21. The van der Waals surface area contributed by atoms with Gasteiger partial charge in [-0.2, -0.15) is 0 Å². The van der Waals surface area contributed by atoms with Crippen molar-refractivity contribution >= 4 is 5.52 Å². The van der Waals surface area contributed by atoms with E-state index in [9.17, 15) is 0 Å². The summed E-state index contributed by atoms with van der Waals surface area (Å²) in [6, 6.07) is 4.25. The third-order valence-corrected chi connectivity index (χ3v) is 2.20. The Balaban J connectivity index is 2.81. The minimum absolute atomic E-state index is 0.994. The van der Waals surface area contributed by atoms with E-state index in [1.54, 1.807) is 0 Å². The predicted molar refractivity (Wildman–Crippen MR) is 49.3 cm³/mol. The standard InChI is InChI=1S/C10H12N2/c1-3-9-10-5-4-8(2)12(10)7-6-11-9/h4-7H,3H2,1-2H3. The summed E-state index contributed by atoms with van der Waals surface area (Å²) >= 11 is 0. The number of fused-ring (bicyclic) bond motifs is 1. The molecule has 2 nitrogen and oxygen atoms in total. The highest BCUT2D eigenvalue weighted by molar-refractivity contribution is 5.53. The summed E-state index contributed by atoms with van der Waals surface area (Å²) in [5, 5.41) is 0. The molecule has 0 radical (unpaired) electrons. The van der Waals surface area contributed by atoms with E-state index < -0.39 is 0 Å². The second-order valence-corrected chi connectivity index (χ2v) is 2.96. The van der Waals surface area contributed by atoms with Gasteiger partial charge >= 0.3 is 0 Å². The van der Waals surface area contributed by atoms with Gasteiger partial charge in [-0.25, -0.2) is 0 Å². The Kier molecular flexibility index (Phi) is 1.61. The van der Waals surface area contributed by atoms with Crippen LogP contribution in [0.4, 0.5) is 0 Å². The quantitative estimate of drug-likeness (QED) is 0.625. The lowest BCUT2D eigenvalue weighted by Crippen LogP contribution is -1.93. The molecule has 2 heteroatoms. The Morgan fingerprint density at radius 2 is 2.25 bits per heavy atom. The molecule has 0 fully saturated rings. The summed E-state index contributed by atoms with van der Waals surface area (Å²) in [5.41, 5.74) is 3.67. The average molecular weight is 160 g/mol. The van der Waals surface area contributed by atoms with Crippen molar-refractivity contribution in [2.24, 2.45) is 0 Å². The molecule has 0 amide bonds. The third-order valence-electron chi connectivity index (χ3n) is 2.20. The highest BCUT2D eigenvalue weighted by Crippen LogP contribution is 2.12. The number of hydrogen-bond acceptors (Lipinski definition) is 1. The van der Waals surface area contributed by atoms with Crippen LogP contribution in [0.2, 0.25) is 0 Å². The summed E-state index contributed by atoms with van der Waals surface area (Å²) in [4.78, 5) is 4.32. The van der Waals surface area contributed by atoms with Crippen LogP contribution in [0.1, 0.15) is 18.3 Å². The van der Waals surface area contributed by atoms with Crippen molar-refractivity contribution in [2.75, 3.05) is 0 Å². The van der Waals surface area contributed by atoms with Gasteiger partial charge < -0.3 is 4.40 Å². The molecule has 0 atom stereocenters. The zero-order chi connectivity index (χ0) is 8.55. The second kappa shape index (κ2) is 2.63. The molecule has 2 aromatic heterocycles. The van der Waals surface area contributed by atoms with Gasteiger partial charge in [0.05, 0.1) is 11.2 Å². The Hall–Kier alpha value is -1.31. The normalized spacial score (nSPS) is 10.8. The van der Waals surface area contributed by atoms with E-state index in [0.29, 0.717) is 0 Å². The van der Waals surface area contributed by atoms with Crippen molar-refractivity contribution in [1.82, 2.24) is 9.38 Å². The first-order valence-corrected chi connectivity index (χ1v) is 4.24. The Morgan fingerprint density at radius 3 is 3.00 bits per heavy atom. The first kappa shape index (κ1) is 7.35. The van der Waals surface area contributed by atoms with Gasteiger partial charge in [-0.05, 0) is 25.5 Å². The monoisotopic (exact) mass is 160 g/mol. The maximum absolute atomic E-state index is 4.32.